The summed E-state index contributed by atoms with van der Waals surface area (Å²) < 4.78 is 5.43. The summed E-state index contributed by atoms with van der Waals surface area (Å²) in [6.45, 7) is 2.93. The van der Waals surface area contributed by atoms with Gasteiger partial charge in [-0.05, 0) is 32.1 Å². The molecule has 0 amide bonds. The molecule has 1 saturated carbocycles. The van der Waals surface area contributed by atoms with E-state index in [0.717, 1.165) is 32.2 Å². The molecule has 2 atom stereocenters. The molecule has 2 fully saturated rings. The van der Waals surface area contributed by atoms with E-state index in [1.807, 2.05) is 0 Å². The lowest BCUT2D eigenvalue weighted by molar-refractivity contribution is -0.114. The Morgan fingerprint density at radius 3 is 2.64 bits per heavy atom. The van der Waals surface area contributed by atoms with Crippen LogP contribution in [-0.4, -0.2) is 19.0 Å². The highest BCUT2D eigenvalue weighted by Gasteiger charge is 2.52. The fourth-order valence-electron chi connectivity index (χ4n) is 2.21. The van der Waals surface area contributed by atoms with E-state index in [-0.39, 0.29) is 5.41 Å². The Morgan fingerprint density at radius 1 is 1.55 bits per heavy atom. The van der Waals surface area contributed by atoms with Crippen molar-refractivity contribution in [3.8, 4) is 0 Å². The van der Waals surface area contributed by atoms with Crippen molar-refractivity contribution in [3.63, 3.8) is 0 Å². The Labute approximate surface area is 66.9 Å². The molecule has 0 aromatic rings. The molecule has 0 N–H and O–H groups in total. The first-order valence-corrected chi connectivity index (χ1v) is 4.36. The second-order valence-electron chi connectivity index (χ2n) is 3.82. The molecule has 2 unspecified atom stereocenters. The van der Waals surface area contributed by atoms with Gasteiger partial charge in [-0.2, -0.15) is 0 Å². The molecular weight excluding hydrogens is 140 g/mol. The second-order valence-corrected chi connectivity index (χ2v) is 3.82. The molecule has 0 radical (unpaired) electrons. The predicted octanol–water partition coefficient (Wildman–Crippen LogP) is 1.39. The van der Waals surface area contributed by atoms with Crippen LogP contribution in [0.5, 0.6) is 0 Å². The van der Waals surface area contributed by atoms with Crippen LogP contribution < -0.4 is 0 Å². The fraction of sp³-hybridized carbons (Fsp3) is 0.889. The van der Waals surface area contributed by atoms with E-state index < -0.39 is 0 Å². The van der Waals surface area contributed by atoms with Crippen molar-refractivity contribution >= 4 is 6.29 Å². The number of hydrogen-bond donors (Lipinski definition) is 0. The van der Waals surface area contributed by atoms with Crippen LogP contribution in [0.25, 0.3) is 0 Å². The second kappa shape index (κ2) is 2.31. The third-order valence-corrected chi connectivity index (χ3v) is 3.18. The lowest BCUT2D eigenvalue weighted by atomic mass is 9.85. The highest BCUT2D eigenvalue weighted by molar-refractivity contribution is 5.64. The van der Waals surface area contributed by atoms with E-state index in [0.29, 0.717) is 12.0 Å². The van der Waals surface area contributed by atoms with Crippen LogP contribution in [-0.2, 0) is 9.53 Å². The Bertz CT molecular complexity index is 172. The third-order valence-electron chi connectivity index (χ3n) is 3.18. The minimum absolute atomic E-state index is 0.0376. The van der Waals surface area contributed by atoms with Gasteiger partial charge >= 0.3 is 0 Å². The number of rotatable bonds is 2. The van der Waals surface area contributed by atoms with E-state index in [1.165, 1.54) is 0 Å². The summed E-state index contributed by atoms with van der Waals surface area (Å²) in [5.74, 6) is 0.514. The van der Waals surface area contributed by atoms with Gasteiger partial charge in [-0.1, -0.05) is 0 Å². The van der Waals surface area contributed by atoms with Gasteiger partial charge in [0, 0.05) is 12.0 Å². The van der Waals surface area contributed by atoms with Gasteiger partial charge in [0.05, 0.1) is 6.10 Å². The van der Waals surface area contributed by atoms with Crippen LogP contribution in [0.3, 0.4) is 0 Å². The van der Waals surface area contributed by atoms with Crippen LogP contribution in [0.2, 0.25) is 0 Å². The quantitative estimate of drug-likeness (QED) is 0.562. The zero-order chi connectivity index (χ0) is 7.90. The van der Waals surface area contributed by atoms with Crippen LogP contribution >= 0.6 is 0 Å². The molecule has 62 valence electrons. The Hall–Kier alpha value is -0.370. The molecule has 1 aliphatic carbocycles. The van der Waals surface area contributed by atoms with Gasteiger partial charge in [0.1, 0.15) is 6.29 Å². The molecule has 0 aromatic carbocycles. The van der Waals surface area contributed by atoms with E-state index in [1.54, 1.807) is 0 Å². The first-order chi connectivity index (χ1) is 5.28. The first kappa shape index (κ1) is 7.29. The van der Waals surface area contributed by atoms with E-state index >= 15 is 0 Å². The maximum Gasteiger partial charge on any atom is 0.126 e. The molecule has 2 nitrogen and oxygen atoms in total. The van der Waals surface area contributed by atoms with Gasteiger partial charge in [-0.3, -0.25) is 0 Å². The van der Waals surface area contributed by atoms with Crippen molar-refractivity contribution < 1.29 is 9.53 Å². The number of carbonyl (C=O) groups is 1. The van der Waals surface area contributed by atoms with Crippen molar-refractivity contribution in [2.45, 2.75) is 32.3 Å². The lowest BCUT2D eigenvalue weighted by Gasteiger charge is -2.19. The monoisotopic (exact) mass is 154 g/mol. The van der Waals surface area contributed by atoms with Crippen molar-refractivity contribution in [2.75, 3.05) is 6.61 Å². The van der Waals surface area contributed by atoms with Gasteiger partial charge < -0.3 is 9.53 Å². The summed E-state index contributed by atoms with van der Waals surface area (Å²) >= 11 is 0. The highest BCUT2D eigenvalue weighted by Crippen LogP contribution is 2.54. The normalized spacial score (nSPS) is 40.5. The summed E-state index contributed by atoms with van der Waals surface area (Å²) in [5.41, 5.74) is 0.0376. The summed E-state index contributed by atoms with van der Waals surface area (Å²) in [4.78, 5) is 10.8. The smallest absolute Gasteiger partial charge is 0.126 e. The molecule has 11 heavy (non-hydrogen) atoms. The Balaban J connectivity index is 2.08. The number of ether oxygens (including phenoxy) is 1. The molecule has 1 aliphatic heterocycles. The van der Waals surface area contributed by atoms with Crippen molar-refractivity contribution in [3.05, 3.63) is 0 Å². The number of carbonyl (C=O) groups excluding carboxylic acids is 1. The van der Waals surface area contributed by atoms with Crippen LogP contribution in [0.4, 0.5) is 0 Å². The first-order valence-electron chi connectivity index (χ1n) is 4.36. The van der Waals surface area contributed by atoms with Crippen molar-refractivity contribution in [1.82, 2.24) is 0 Å². The summed E-state index contributed by atoms with van der Waals surface area (Å²) in [5, 5.41) is 0. The number of hydrogen-bond acceptors (Lipinski definition) is 2. The number of aldehydes is 1. The standard InChI is InChI=1S/C9H14O2/c1-7-8(2-5-11-7)9(6-10)3-4-9/h6-8H,2-5H2,1H3. The largest absolute Gasteiger partial charge is 0.378 e. The Morgan fingerprint density at radius 2 is 2.27 bits per heavy atom. The third kappa shape index (κ3) is 1.00. The Kier molecular flexibility index (Phi) is 1.53. The molecule has 1 heterocycles. The minimum Gasteiger partial charge on any atom is -0.378 e. The van der Waals surface area contributed by atoms with E-state index in [4.69, 9.17) is 4.74 Å². The predicted molar refractivity (Wildman–Crippen MR) is 41.3 cm³/mol. The molecule has 0 spiro atoms. The molecule has 2 aliphatic rings. The summed E-state index contributed by atoms with van der Waals surface area (Å²) in [7, 11) is 0. The maximum atomic E-state index is 10.8. The molecule has 1 saturated heterocycles. The minimum atomic E-state index is 0.0376. The maximum absolute atomic E-state index is 10.8. The zero-order valence-electron chi connectivity index (χ0n) is 6.88. The van der Waals surface area contributed by atoms with Crippen molar-refractivity contribution in [1.29, 1.82) is 0 Å². The van der Waals surface area contributed by atoms with Gasteiger partial charge in [0.2, 0.25) is 0 Å². The highest BCUT2D eigenvalue weighted by atomic mass is 16.5. The van der Waals surface area contributed by atoms with Crippen LogP contribution in [0.15, 0.2) is 0 Å². The summed E-state index contributed by atoms with van der Waals surface area (Å²) in [6, 6.07) is 0. The topological polar surface area (TPSA) is 26.3 Å². The average molecular weight is 154 g/mol. The molecule has 0 bridgehead atoms. The SMILES string of the molecule is CC1OCCC1C1(C=O)CC1. The van der Waals surface area contributed by atoms with Crippen LogP contribution in [0.1, 0.15) is 26.2 Å². The van der Waals surface area contributed by atoms with Gasteiger partial charge in [-0.25, -0.2) is 0 Å². The molecular formula is C9H14O2. The average Bonchev–Trinajstić information content (AvgIpc) is 2.70. The lowest BCUT2D eigenvalue weighted by Crippen LogP contribution is -2.23. The molecule has 2 rings (SSSR count). The van der Waals surface area contributed by atoms with Crippen LogP contribution in [0, 0.1) is 11.3 Å². The van der Waals surface area contributed by atoms with Gasteiger partial charge in [0.25, 0.3) is 0 Å². The van der Waals surface area contributed by atoms with E-state index in [9.17, 15) is 4.79 Å². The zero-order valence-corrected chi connectivity index (χ0v) is 6.88. The van der Waals surface area contributed by atoms with Gasteiger partial charge in [0.15, 0.2) is 0 Å². The van der Waals surface area contributed by atoms with E-state index in [2.05, 4.69) is 6.92 Å². The van der Waals surface area contributed by atoms with Crippen molar-refractivity contribution in [2.24, 2.45) is 11.3 Å². The summed E-state index contributed by atoms with van der Waals surface area (Å²) in [6.07, 6.45) is 4.73. The fourth-order valence-corrected chi connectivity index (χ4v) is 2.21. The van der Waals surface area contributed by atoms with Gasteiger partial charge in [-0.15, -0.1) is 0 Å². The molecule has 0 aromatic heterocycles. The molecule has 2 heteroatoms.